The van der Waals surface area contributed by atoms with Gasteiger partial charge in [-0.15, -0.1) is 0 Å². The molecule has 0 amide bonds. The highest BCUT2D eigenvalue weighted by molar-refractivity contribution is 5.88. The lowest BCUT2D eigenvalue weighted by atomic mass is 9.95. The van der Waals surface area contributed by atoms with Crippen LogP contribution in [0.1, 0.15) is 37.8 Å². The number of halogens is 3. The van der Waals surface area contributed by atoms with E-state index in [0.717, 1.165) is 18.2 Å². The van der Waals surface area contributed by atoms with Gasteiger partial charge in [-0.1, -0.05) is 6.07 Å². The number of esters is 2. The van der Waals surface area contributed by atoms with Crippen molar-refractivity contribution in [1.29, 1.82) is 0 Å². The van der Waals surface area contributed by atoms with Gasteiger partial charge in [-0.2, -0.15) is 13.2 Å². The number of benzene rings is 1. The van der Waals surface area contributed by atoms with Crippen molar-refractivity contribution < 1.29 is 37.3 Å². The Bertz CT molecular complexity index is 775. The van der Waals surface area contributed by atoms with Gasteiger partial charge in [-0.25, -0.2) is 4.79 Å². The maximum absolute atomic E-state index is 13.2. The normalized spacial score (nSPS) is 16.2. The number of piperidine rings is 1. The van der Waals surface area contributed by atoms with Gasteiger partial charge in [-0.3, -0.25) is 4.79 Å². The van der Waals surface area contributed by atoms with Crippen LogP contribution < -0.4 is 4.90 Å². The van der Waals surface area contributed by atoms with Crippen molar-refractivity contribution in [3.8, 4) is 0 Å². The van der Waals surface area contributed by atoms with Crippen molar-refractivity contribution in [1.82, 2.24) is 0 Å². The smallest absolute Gasteiger partial charge is 0.416 e. The number of carbonyl (C=O) groups is 2. The van der Waals surface area contributed by atoms with Crippen LogP contribution in [-0.2, 0) is 25.2 Å². The van der Waals surface area contributed by atoms with Crippen LogP contribution in [0.2, 0.25) is 0 Å². The second kappa shape index (κ2) is 8.86. The number of alkyl halides is 3. The van der Waals surface area contributed by atoms with Crippen molar-refractivity contribution in [3.63, 3.8) is 0 Å². The van der Waals surface area contributed by atoms with Crippen molar-refractivity contribution in [3.05, 3.63) is 35.4 Å². The zero-order valence-corrected chi connectivity index (χ0v) is 16.5. The predicted molar refractivity (Wildman–Crippen MR) is 99.8 cm³/mol. The molecule has 1 saturated heterocycles. The summed E-state index contributed by atoms with van der Waals surface area (Å²) in [7, 11) is 1.30. The Balaban J connectivity index is 2.28. The molecule has 2 rings (SSSR count). The molecule has 1 aromatic carbocycles. The van der Waals surface area contributed by atoms with Crippen molar-refractivity contribution in [2.24, 2.45) is 5.92 Å². The number of aliphatic hydroxyl groups is 1. The molecule has 1 aliphatic rings. The molecule has 6 nitrogen and oxygen atoms in total. The van der Waals surface area contributed by atoms with Gasteiger partial charge in [0.2, 0.25) is 5.79 Å². The van der Waals surface area contributed by atoms with Crippen molar-refractivity contribution in [2.45, 2.75) is 38.7 Å². The Labute approximate surface area is 166 Å². The molecule has 0 unspecified atom stereocenters. The fourth-order valence-corrected chi connectivity index (χ4v) is 3.10. The van der Waals surface area contributed by atoms with Gasteiger partial charge in [-0.05, 0) is 36.6 Å². The number of ether oxygens (including phenoxy) is 2. The highest BCUT2D eigenvalue weighted by Gasteiger charge is 2.32. The van der Waals surface area contributed by atoms with Crippen molar-refractivity contribution in [2.75, 3.05) is 25.1 Å². The molecular formula is C20H24F3NO5. The van der Waals surface area contributed by atoms with Gasteiger partial charge >= 0.3 is 18.1 Å². The monoisotopic (exact) mass is 415 g/mol. The number of hydrogen-bond acceptors (Lipinski definition) is 6. The summed E-state index contributed by atoms with van der Waals surface area (Å²) in [6.07, 6.45) is -1.22. The maximum Gasteiger partial charge on any atom is 0.416 e. The molecule has 0 bridgehead atoms. The van der Waals surface area contributed by atoms with Crippen LogP contribution in [0.15, 0.2) is 24.3 Å². The average Bonchev–Trinajstić information content (AvgIpc) is 2.63. The highest BCUT2D eigenvalue weighted by atomic mass is 19.4. The first kappa shape index (κ1) is 22.7. The largest absolute Gasteiger partial charge is 0.469 e. The van der Waals surface area contributed by atoms with E-state index in [9.17, 15) is 27.9 Å². The number of hydrogen-bond donors (Lipinski definition) is 1. The Kier molecular flexibility index (Phi) is 6.94. The van der Waals surface area contributed by atoms with E-state index in [2.05, 4.69) is 0 Å². The first-order valence-electron chi connectivity index (χ1n) is 9.08. The van der Waals surface area contributed by atoms with E-state index in [4.69, 9.17) is 9.47 Å². The number of carbonyl (C=O) groups excluding carboxylic acids is 2. The molecule has 0 aromatic heterocycles. The first-order valence-corrected chi connectivity index (χ1v) is 9.08. The fraction of sp³-hybridized carbons (Fsp3) is 0.500. The lowest BCUT2D eigenvalue weighted by Gasteiger charge is -2.33. The van der Waals surface area contributed by atoms with E-state index in [1.165, 1.54) is 33.1 Å². The van der Waals surface area contributed by atoms with Crippen LogP contribution in [0.5, 0.6) is 0 Å². The van der Waals surface area contributed by atoms with Gasteiger partial charge in [0.05, 0.1) is 18.6 Å². The van der Waals surface area contributed by atoms with Gasteiger partial charge in [0.15, 0.2) is 0 Å². The summed E-state index contributed by atoms with van der Waals surface area (Å²) >= 11 is 0. The summed E-state index contributed by atoms with van der Waals surface area (Å²) in [5.74, 6) is -3.11. The predicted octanol–water partition coefficient (Wildman–Crippen LogP) is 3.38. The molecular weight excluding hydrogens is 391 g/mol. The summed E-state index contributed by atoms with van der Waals surface area (Å²) in [6, 6.07) is 3.24. The maximum atomic E-state index is 13.2. The summed E-state index contributed by atoms with van der Waals surface area (Å²) in [5, 5.41) is 9.51. The molecule has 160 valence electrons. The van der Waals surface area contributed by atoms with Gasteiger partial charge in [0.25, 0.3) is 0 Å². The van der Waals surface area contributed by atoms with Crippen LogP contribution in [0, 0.1) is 5.92 Å². The van der Waals surface area contributed by atoms with Crippen LogP contribution in [-0.4, -0.2) is 43.0 Å². The SMILES string of the molecule is COC(=O)C1CCN(c2cc(C(F)(F)F)ccc2/C=C/C(=O)OC(C)(C)O)CC1. The quantitative estimate of drug-likeness (QED) is 0.452. The first-order chi connectivity index (χ1) is 13.4. The Morgan fingerprint density at radius 3 is 2.34 bits per heavy atom. The van der Waals surface area contributed by atoms with Crippen LogP contribution >= 0.6 is 0 Å². The summed E-state index contributed by atoms with van der Waals surface area (Å²) in [6.45, 7) is 3.31. The molecule has 1 heterocycles. The summed E-state index contributed by atoms with van der Waals surface area (Å²) < 4.78 is 49.0. The molecule has 1 N–H and O–H groups in total. The molecule has 0 radical (unpaired) electrons. The number of rotatable bonds is 5. The molecule has 29 heavy (non-hydrogen) atoms. The number of methoxy groups -OCH3 is 1. The third-order valence-electron chi connectivity index (χ3n) is 4.48. The third-order valence-corrected chi connectivity index (χ3v) is 4.48. The van der Waals surface area contributed by atoms with E-state index >= 15 is 0 Å². The summed E-state index contributed by atoms with van der Waals surface area (Å²) in [4.78, 5) is 25.2. The molecule has 1 fully saturated rings. The average molecular weight is 415 g/mol. The van der Waals surface area contributed by atoms with Gasteiger partial charge < -0.3 is 19.5 Å². The van der Waals surface area contributed by atoms with E-state index in [-0.39, 0.29) is 11.9 Å². The number of anilines is 1. The molecule has 0 saturated carbocycles. The molecule has 9 heteroatoms. The minimum absolute atomic E-state index is 0.289. The lowest BCUT2D eigenvalue weighted by Crippen LogP contribution is -2.37. The highest BCUT2D eigenvalue weighted by Crippen LogP contribution is 2.35. The Morgan fingerprint density at radius 1 is 1.21 bits per heavy atom. The van der Waals surface area contributed by atoms with E-state index < -0.39 is 23.5 Å². The van der Waals surface area contributed by atoms with E-state index in [0.29, 0.717) is 37.2 Å². The summed E-state index contributed by atoms with van der Waals surface area (Å²) in [5.41, 5.74) is -0.114. The second-order valence-electron chi connectivity index (χ2n) is 7.26. The number of nitrogens with zero attached hydrogens (tertiary/aromatic N) is 1. The molecule has 0 spiro atoms. The van der Waals surface area contributed by atoms with Crippen LogP contribution in [0.4, 0.5) is 18.9 Å². The minimum Gasteiger partial charge on any atom is -0.469 e. The third kappa shape index (κ3) is 6.49. The van der Waals surface area contributed by atoms with Crippen LogP contribution in [0.3, 0.4) is 0 Å². The molecule has 1 aromatic rings. The Hall–Kier alpha value is -2.55. The van der Waals surface area contributed by atoms with E-state index in [1.807, 2.05) is 0 Å². The second-order valence-corrected chi connectivity index (χ2v) is 7.26. The molecule has 1 aliphatic heterocycles. The van der Waals surface area contributed by atoms with E-state index in [1.54, 1.807) is 4.90 Å². The molecule has 0 atom stereocenters. The standard InChI is InChI=1S/C20H24F3NO5/c1-19(2,27)29-17(25)7-5-13-4-6-15(20(21,22)23)12-16(13)24-10-8-14(9-11-24)18(26)28-3/h4-7,12,14,27H,8-11H2,1-3H3/b7-5+. The lowest BCUT2D eigenvalue weighted by molar-refractivity contribution is -0.189. The van der Waals surface area contributed by atoms with Crippen molar-refractivity contribution >= 4 is 23.7 Å². The molecule has 0 aliphatic carbocycles. The zero-order chi connectivity index (χ0) is 21.8. The Morgan fingerprint density at radius 2 is 1.83 bits per heavy atom. The van der Waals surface area contributed by atoms with Gasteiger partial charge in [0, 0.05) is 38.7 Å². The topological polar surface area (TPSA) is 76.1 Å². The fourth-order valence-electron chi connectivity index (χ4n) is 3.10. The van der Waals surface area contributed by atoms with Crippen LogP contribution in [0.25, 0.3) is 6.08 Å². The van der Waals surface area contributed by atoms with Gasteiger partial charge in [0.1, 0.15) is 0 Å². The zero-order valence-electron chi connectivity index (χ0n) is 16.5. The minimum atomic E-state index is -4.51.